The number of aryl methyl sites for hydroxylation is 2. The maximum Gasteiger partial charge on any atom is 0.408 e. The molecule has 0 aliphatic heterocycles. The SMILES string of the molecule is C=CCN(C(=O)C(CC(C)C)NC(=O)OC(C)(C)C)C(C(=O)Nc1c(C)cccc1C)c1cccc(O)c1. The summed E-state index contributed by atoms with van der Waals surface area (Å²) < 4.78 is 5.40. The van der Waals surface area contributed by atoms with Gasteiger partial charge < -0.3 is 25.4 Å². The average Bonchev–Trinajstić information content (AvgIpc) is 2.79. The normalized spacial score (nSPS) is 12.8. The molecule has 0 bridgehead atoms. The summed E-state index contributed by atoms with van der Waals surface area (Å²) in [6.45, 7) is 16.7. The number of ether oxygens (including phenoxy) is 1. The molecule has 2 unspecified atom stereocenters. The Bertz CT molecular complexity index is 1130. The fraction of sp³-hybridized carbons (Fsp3) is 0.433. The van der Waals surface area contributed by atoms with E-state index in [1.807, 2.05) is 45.9 Å². The molecular formula is C30H41N3O5. The molecule has 0 aromatic heterocycles. The molecular weight excluding hydrogens is 482 g/mol. The molecule has 3 amide bonds. The van der Waals surface area contributed by atoms with E-state index in [0.717, 1.165) is 11.1 Å². The number of nitrogens with one attached hydrogen (secondary N) is 2. The standard InChI is InChI=1S/C30H41N3O5/c1-9-16-33(28(36)24(17-19(2)3)31-29(37)38-30(6,7)8)26(22-14-11-15-23(34)18-22)27(35)32-25-20(4)12-10-13-21(25)5/h9-15,18-19,24,26,34H,1,16-17H2,2-8H3,(H,31,37)(H,32,35). The molecule has 8 nitrogen and oxygen atoms in total. The number of alkyl carbamates (subject to hydrolysis) is 1. The maximum absolute atomic E-state index is 14.0. The van der Waals surface area contributed by atoms with E-state index in [1.54, 1.807) is 32.9 Å². The van der Waals surface area contributed by atoms with Crippen molar-refractivity contribution in [3.8, 4) is 5.75 Å². The average molecular weight is 524 g/mol. The van der Waals surface area contributed by atoms with E-state index in [1.165, 1.54) is 23.1 Å². The monoisotopic (exact) mass is 523 g/mol. The van der Waals surface area contributed by atoms with Crippen molar-refractivity contribution in [1.82, 2.24) is 10.2 Å². The van der Waals surface area contributed by atoms with Crippen molar-refractivity contribution < 1.29 is 24.2 Å². The lowest BCUT2D eigenvalue weighted by Gasteiger charge is -2.34. The highest BCUT2D eigenvalue weighted by Gasteiger charge is 2.36. The van der Waals surface area contributed by atoms with Crippen LogP contribution < -0.4 is 10.6 Å². The van der Waals surface area contributed by atoms with Crippen molar-refractivity contribution in [3.63, 3.8) is 0 Å². The van der Waals surface area contributed by atoms with Crippen LogP contribution in [0.15, 0.2) is 55.1 Å². The third kappa shape index (κ3) is 8.64. The lowest BCUT2D eigenvalue weighted by Crippen LogP contribution is -2.52. The van der Waals surface area contributed by atoms with Gasteiger partial charge in [-0.2, -0.15) is 0 Å². The highest BCUT2D eigenvalue weighted by molar-refractivity contribution is 6.00. The van der Waals surface area contributed by atoms with Gasteiger partial charge in [0.15, 0.2) is 0 Å². The molecule has 0 saturated carbocycles. The van der Waals surface area contributed by atoms with Crippen LogP contribution in [0.4, 0.5) is 10.5 Å². The summed E-state index contributed by atoms with van der Waals surface area (Å²) in [6, 6.07) is 9.87. The lowest BCUT2D eigenvalue weighted by molar-refractivity contribution is -0.140. The Kier molecular flexibility index (Phi) is 10.5. The van der Waals surface area contributed by atoms with Crippen LogP contribution in [-0.4, -0.2) is 46.1 Å². The quantitative estimate of drug-likeness (QED) is 0.349. The van der Waals surface area contributed by atoms with E-state index in [4.69, 9.17) is 4.74 Å². The van der Waals surface area contributed by atoms with Crippen molar-refractivity contribution in [1.29, 1.82) is 0 Å². The number of hydrogen-bond donors (Lipinski definition) is 3. The summed E-state index contributed by atoms with van der Waals surface area (Å²) in [5.74, 6) is -0.894. The molecule has 0 aliphatic rings. The lowest BCUT2D eigenvalue weighted by atomic mass is 9.98. The number of anilines is 1. The molecule has 206 valence electrons. The largest absolute Gasteiger partial charge is 0.508 e. The van der Waals surface area contributed by atoms with Gasteiger partial charge in [0.2, 0.25) is 5.91 Å². The first-order valence-electron chi connectivity index (χ1n) is 12.8. The number of benzene rings is 2. The van der Waals surface area contributed by atoms with Crippen molar-refractivity contribution in [3.05, 3.63) is 71.8 Å². The molecule has 2 rings (SSSR count). The van der Waals surface area contributed by atoms with Crippen LogP contribution in [0.2, 0.25) is 0 Å². The predicted molar refractivity (Wildman–Crippen MR) is 150 cm³/mol. The molecule has 3 N–H and O–H groups in total. The summed E-state index contributed by atoms with van der Waals surface area (Å²) >= 11 is 0. The molecule has 0 fully saturated rings. The molecule has 8 heteroatoms. The highest BCUT2D eigenvalue weighted by Crippen LogP contribution is 2.29. The van der Waals surface area contributed by atoms with Crippen molar-refractivity contribution in [2.45, 2.75) is 72.6 Å². The number of phenols is 1. The van der Waals surface area contributed by atoms with Crippen LogP contribution >= 0.6 is 0 Å². The highest BCUT2D eigenvalue weighted by atomic mass is 16.6. The zero-order chi connectivity index (χ0) is 28.6. The molecule has 0 radical (unpaired) electrons. The predicted octanol–water partition coefficient (Wildman–Crippen LogP) is 5.64. The minimum absolute atomic E-state index is 0.0317. The third-order valence-electron chi connectivity index (χ3n) is 5.78. The van der Waals surface area contributed by atoms with Gasteiger partial charge in [-0.1, -0.05) is 50.3 Å². The Morgan fingerprint density at radius 2 is 1.68 bits per heavy atom. The Morgan fingerprint density at radius 1 is 1.08 bits per heavy atom. The number of amides is 3. The van der Waals surface area contributed by atoms with Gasteiger partial charge >= 0.3 is 6.09 Å². The summed E-state index contributed by atoms with van der Waals surface area (Å²) in [6.07, 6.45) is 1.14. The molecule has 38 heavy (non-hydrogen) atoms. The van der Waals surface area contributed by atoms with Crippen LogP contribution in [0, 0.1) is 19.8 Å². The zero-order valence-corrected chi connectivity index (χ0v) is 23.5. The Hall–Kier alpha value is -3.81. The molecule has 0 saturated heterocycles. The molecule has 0 aliphatic carbocycles. The van der Waals surface area contributed by atoms with E-state index in [0.29, 0.717) is 17.7 Å². The van der Waals surface area contributed by atoms with Crippen LogP contribution in [-0.2, 0) is 14.3 Å². The van der Waals surface area contributed by atoms with E-state index >= 15 is 0 Å². The van der Waals surface area contributed by atoms with Crippen LogP contribution in [0.5, 0.6) is 5.75 Å². The summed E-state index contributed by atoms with van der Waals surface area (Å²) in [5.41, 5.74) is 2.08. The molecule has 2 aromatic carbocycles. The summed E-state index contributed by atoms with van der Waals surface area (Å²) in [4.78, 5) is 41.9. The number of hydrogen-bond acceptors (Lipinski definition) is 5. The van der Waals surface area contributed by atoms with Crippen LogP contribution in [0.1, 0.15) is 63.8 Å². The third-order valence-corrected chi connectivity index (χ3v) is 5.78. The summed E-state index contributed by atoms with van der Waals surface area (Å²) in [7, 11) is 0. The number of phenolic OH excluding ortho intramolecular Hbond substituents is 1. The number of para-hydroxylation sites is 1. The second kappa shape index (κ2) is 13.1. The van der Waals surface area contributed by atoms with Gasteiger partial charge in [0.05, 0.1) is 0 Å². The van der Waals surface area contributed by atoms with Gasteiger partial charge in [0, 0.05) is 12.2 Å². The Labute approximate surface area is 226 Å². The summed E-state index contributed by atoms with van der Waals surface area (Å²) in [5, 5.41) is 15.9. The first-order chi connectivity index (χ1) is 17.7. The fourth-order valence-electron chi connectivity index (χ4n) is 4.18. The van der Waals surface area contributed by atoms with Gasteiger partial charge in [-0.25, -0.2) is 4.79 Å². The topological polar surface area (TPSA) is 108 Å². The first kappa shape index (κ1) is 30.4. The molecule has 2 atom stereocenters. The number of carbonyl (C=O) groups excluding carboxylic acids is 3. The zero-order valence-electron chi connectivity index (χ0n) is 23.5. The van der Waals surface area contributed by atoms with Gasteiger partial charge in [-0.15, -0.1) is 6.58 Å². The van der Waals surface area contributed by atoms with Gasteiger partial charge in [-0.05, 0) is 75.8 Å². The minimum atomic E-state index is -1.11. The number of carbonyl (C=O) groups is 3. The maximum atomic E-state index is 14.0. The molecule has 0 spiro atoms. The van der Waals surface area contributed by atoms with E-state index in [-0.39, 0.29) is 18.2 Å². The van der Waals surface area contributed by atoms with E-state index in [9.17, 15) is 19.5 Å². The van der Waals surface area contributed by atoms with Crippen molar-refractivity contribution in [2.75, 3.05) is 11.9 Å². The first-order valence-corrected chi connectivity index (χ1v) is 12.8. The van der Waals surface area contributed by atoms with Gasteiger partial charge in [0.25, 0.3) is 5.91 Å². The van der Waals surface area contributed by atoms with Crippen molar-refractivity contribution >= 4 is 23.6 Å². The number of rotatable bonds is 10. The number of nitrogens with zero attached hydrogens (tertiary/aromatic N) is 1. The van der Waals surface area contributed by atoms with Crippen LogP contribution in [0.25, 0.3) is 0 Å². The van der Waals surface area contributed by atoms with Crippen molar-refractivity contribution in [2.24, 2.45) is 5.92 Å². The van der Waals surface area contributed by atoms with Gasteiger partial charge in [-0.3, -0.25) is 9.59 Å². The number of aromatic hydroxyl groups is 1. The van der Waals surface area contributed by atoms with Crippen LogP contribution in [0.3, 0.4) is 0 Å². The fourth-order valence-corrected chi connectivity index (χ4v) is 4.18. The van der Waals surface area contributed by atoms with E-state index in [2.05, 4.69) is 17.2 Å². The minimum Gasteiger partial charge on any atom is -0.508 e. The molecule has 2 aromatic rings. The molecule has 0 heterocycles. The second-order valence-electron chi connectivity index (χ2n) is 10.9. The Balaban J connectivity index is 2.55. The Morgan fingerprint density at radius 3 is 2.21 bits per heavy atom. The van der Waals surface area contributed by atoms with E-state index < -0.39 is 35.6 Å². The van der Waals surface area contributed by atoms with Gasteiger partial charge in [0.1, 0.15) is 23.4 Å². The smallest absolute Gasteiger partial charge is 0.408 e. The second-order valence-corrected chi connectivity index (χ2v) is 10.9.